The molecule has 1 amide bonds. The quantitative estimate of drug-likeness (QED) is 0.932. The molecule has 1 N–H and O–H groups in total. The van der Waals surface area contributed by atoms with Gasteiger partial charge < -0.3 is 10.1 Å². The molecule has 120 valence electrons. The molecule has 0 spiro atoms. The van der Waals surface area contributed by atoms with Crippen LogP contribution >= 0.6 is 0 Å². The molecule has 3 heterocycles. The summed E-state index contributed by atoms with van der Waals surface area (Å²) in [5.74, 6) is 0.387. The van der Waals surface area contributed by atoms with Crippen molar-refractivity contribution in [2.24, 2.45) is 11.8 Å². The number of nitrogens with zero attached hydrogens (tertiary/aromatic N) is 2. The first-order valence-electron chi connectivity index (χ1n) is 8.15. The average molecular weight is 311 g/mol. The molecule has 1 aromatic heterocycles. The van der Waals surface area contributed by atoms with Crippen LogP contribution in [0, 0.1) is 11.8 Å². The number of carbonyl (C=O) groups is 1. The molecule has 5 heteroatoms. The average Bonchev–Trinajstić information content (AvgIpc) is 3.14. The number of nitrogens with one attached hydrogen (secondary N) is 1. The van der Waals surface area contributed by atoms with Crippen molar-refractivity contribution in [1.82, 2.24) is 15.2 Å². The molecular weight excluding hydrogens is 290 g/mol. The number of para-hydroxylation sites is 1. The minimum absolute atomic E-state index is 0.0143. The minimum atomic E-state index is -0.0143. The lowest BCUT2D eigenvalue weighted by Crippen LogP contribution is -2.34. The molecule has 2 saturated heterocycles. The summed E-state index contributed by atoms with van der Waals surface area (Å²) in [5.41, 5.74) is 2.10. The summed E-state index contributed by atoms with van der Waals surface area (Å²) >= 11 is 0. The van der Waals surface area contributed by atoms with E-state index in [4.69, 9.17) is 9.72 Å². The molecule has 0 radical (unpaired) electrons. The summed E-state index contributed by atoms with van der Waals surface area (Å²) in [7, 11) is 1.70. The minimum Gasteiger partial charge on any atom is -0.376 e. The number of ether oxygens (including phenoxy) is 1. The number of hydrogen-bond acceptors (Lipinski definition) is 4. The molecule has 0 aliphatic carbocycles. The van der Waals surface area contributed by atoms with Crippen LogP contribution in [0.1, 0.15) is 5.69 Å². The van der Waals surface area contributed by atoms with Crippen molar-refractivity contribution in [2.75, 3.05) is 26.7 Å². The highest BCUT2D eigenvalue weighted by Crippen LogP contribution is 2.34. The van der Waals surface area contributed by atoms with Crippen molar-refractivity contribution in [3.63, 3.8) is 0 Å². The van der Waals surface area contributed by atoms with Gasteiger partial charge in [0.1, 0.15) is 0 Å². The number of hydrogen-bond donors (Lipinski definition) is 1. The number of likely N-dealkylation sites (tertiary alicyclic amines) is 1. The van der Waals surface area contributed by atoms with Crippen LogP contribution in [0.3, 0.4) is 0 Å². The van der Waals surface area contributed by atoms with Gasteiger partial charge in [0.25, 0.3) is 0 Å². The van der Waals surface area contributed by atoms with E-state index < -0.39 is 0 Å². The number of fused-ring (bicyclic) bond motifs is 2. The third-order valence-corrected chi connectivity index (χ3v) is 5.02. The fourth-order valence-corrected chi connectivity index (χ4v) is 3.80. The molecule has 5 nitrogen and oxygen atoms in total. The molecule has 2 aliphatic rings. The second kappa shape index (κ2) is 5.91. The van der Waals surface area contributed by atoms with Gasteiger partial charge in [-0.15, -0.1) is 0 Å². The molecule has 2 fully saturated rings. The van der Waals surface area contributed by atoms with Crippen LogP contribution in [0.5, 0.6) is 0 Å². The molecule has 3 atom stereocenters. The van der Waals surface area contributed by atoms with E-state index in [0.29, 0.717) is 12.5 Å². The van der Waals surface area contributed by atoms with Crippen molar-refractivity contribution in [3.05, 3.63) is 42.1 Å². The molecule has 0 bridgehead atoms. The van der Waals surface area contributed by atoms with Gasteiger partial charge in [0, 0.05) is 38.0 Å². The SMILES string of the molecule is CNC(=O)[C@H]1CO[C@@H]2CN(Cc3ccc4ccccc4n3)C[C@H]12. The van der Waals surface area contributed by atoms with Crippen molar-refractivity contribution in [2.45, 2.75) is 12.6 Å². The molecule has 0 unspecified atom stereocenters. The monoisotopic (exact) mass is 311 g/mol. The zero-order valence-electron chi connectivity index (χ0n) is 13.2. The highest BCUT2D eigenvalue weighted by atomic mass is 16.5. The molecule has 4 rings (SSSR count). The maximum atomic E-state index is 11.9. The zero-order chi connectivity index (χ0) is 15.8. The topological polar surface area (TPSA) is 54.5 Å². The van der Waals surface area contributed by atoms with Gasteiger partial charge in [0.2, 0.25) is 5.91 Å². The maximum Gasteiger partial charge on any atom is 0.225 e. The van der Waals surface area contributed by atoms with Crippen LogP contribution in [-0.2, 0) is 16.1 Å². The molecule has 2 aliphatic heterocycles. The first-order valence-corrected chi connectivity index (χ1v) is 8.15. The second-order valence-electron chi connectivity index (χ2n) is 6.45. The Balaban J connectivity index is 1.47. The van der Waals surface area contributed by atoms with E-state index >= 15 is 0 Å². The highest BCUT2D eigenvalue weighted by molar-refractivity contribution is 5.79. The number of aromatic nitrogens is 1. The van der Waals surface area contributed by atoms with E-state index in [0.717, 1.165) is 36.2 Å². The van der Waals surface area contributed by atoms with Crippen LogP contribution < -0.4 is 5.32 Å². The zero-order valence-corrected chi connectivity index (χ0v) is 13.2. The normalized spacial score (nSPS) is 27.3. The van der Waals surface area contributed by atoms with Crippen LogP contribution in [0.2, 0.25) is 0 Å². The van der Waals surface area contributed by atoms with Gasteiger partial charge >= 0.3 is 0 Å². The highest BCUT2D eigenvalue weighted by Gasteiger charge is 2.46. The number of pyridine rings is 1. The predicted molar refractivity (Wildman–Crippen MR) is 87.8 cm³/mol. The van der Waals surface area contributed by atoms with Crippen LogP contribution in [0.25, 0.3) is 10.9 Å². The fourth-order valence-electron chi connectivity index (χ4n) is 3.80. The van der Waals surface area contributed by atoms with Gasteiger partial charge in [-0.1, -0.05) is 24.3 Å². The number of rotatable bonds is 3. The molecule has 2 aromatic rings. The van der Waals surface area contributed by atoms with E-state index in [1.165, 1.54) is 0 Å². The fraction of sp³-hybridized carbons (Fsp3) is 0.444. The Morgan fingerprint density at radius 1 is 1.30 bits per heavy atom. The van der Waals surface area contributed by atoms with E-state index in [1.807, 2.05) is 18.2 Å². The predicted octanol–water partition coefficient (Wildman–Crippen LogP) is 1.43. The van der Waals surface area contributed by atoms with Crippen LogP contribution in [-0.4, -0.2) is 48.6 Å². The largest absolute Gasteiger partial charge is 0.376 e. The van der Waals surface area contributed by atoms with E-state index in [2.05, 4.69) is 28.4 Å². The first kappa shape index (κ1) is 14.6. The third kappa shape index (κ3) is 2.71. The Morgan fingerprint density at radius 3 is 3.04 bits per heavy atom. The van der Waals surface area contributed by atoms with Crippen molar-refractivity contribution < 1.29 is 9.53 Å². The standard InChI is InChI=1S/C18H21N3O2/c1-19-18(22)15-11-23-17-10-21(9-14(15)17)8-13-7-6-12-4-2-3-5-16(12)20-13/h2-7,14-15,17H,8-11H2,1H3,(H,19,22)/t14-,15+,17-/m1/s1. The van der Waals surface area contributed by atoms with Gasteiger partial charge in [-0.05, 0) is 12.1 Å². The van der Waals surface area contributed by atoms with Crippen LogP contribution in [0.15, 0.2) is 36.4 Å². The number of carbonyl (C=O) groups excluding carboxylic acids is 1. The van der Waals surface area contributed by atoms with Gasteiger partial charge in [-0.3, -0.25) is 14.7 Å². The Labute approximate surface area is 135 Å². The second-order valence-corrected chi connectivity index (χ2v) is 6.45. The van der Waals surface area contributed by atoms with Crippen LogP contribution in [0.4, 0.5) is 0 Å². The molecule has 23 heavy (non-hydrogen) atoms. The number of benzene rings is 1. The lowest BCUT2D eigenvalue weighted by Gasteiger charge is -2.18. The lowest BCUT2D eigenvalue weighted by atomic mass is 9.92. The van der Waals surface area contributed by atoms with Crippen molar-refractivity contribution in [3.8, 4) is 0 Å². The molecule has 1 aromatic carbocycles. The first-order chi connectivity index (χ1) is 11.2. The number of amides is 1. The van der Waals surface area contributed by atoms with Gasteiger partial charge in [-0.25, -0.2) is 0 Å². The summed E-state index contributed by atoms with van der Waals surface area (Å²) in [6.45, 7) is 3.14. The molecular formula is C18H21N3O2. The maximum absolute atomic E-state index is 11.9. The van der Waals surface area contributed by atoms with Crippen molar-refractivity contribution in [1.29, 1.82) is 0 Å². The molecule has 0 saturated carbocycles. The Hall–Kier alpha value is -1.98. The van der Waals surface area contributed by atoms with Crippen molar-refractivity contribution >= 4 is 16.8 Å². The smallest absolute Gasteiger partial charge is 0.225 e. The lowest BCUT2D eigenvalue weighted by molar-refractivity contribution is -0.125. The summed E-state index contributed by atoms with van der Waals surface area (Å²) in [4.78, 5) is 19.0. The Kier molecular flexibility index (Phi) is 3.75. The summed E-state index contributed by atoms with van der Waals surface area (Å²) < 4.78 is 5.83. The van der Waals surface area contributed by atoms with E-state index in [-0.39, 0.29) is 17.9 Å². The summed E-state index contributed by atoms with van der Waals surface area (Å²) in [5, 5.41) is 3.92. The van der Waals surface area contributed by atoms with E-state index in [9.17, 15) is 4.79 Å². The summed E-state index contributed by atoms with van der Waals surface area (Å²) in [6, 6.07) is 12.4. The van der Waals surface area contributed by atoms with Gasteiger partial charge in [0.15, 0.2) is 0 Å². The van der Waals surface area contributed by atoms with E-state index in [1.54, 1.807) is 7.05 Å². The third-order valence-electron chi connectivity index (χ3n) is 5.02. The van der Waals surface area contributed by atoms with Gasteiger partial charge in [-0.2, -0.15) is 0 Å². The Morgan fingerprint density at radius 2 is 2.17 bits per heavy atom. The Bertz CT molecular complexity index is 733. The summed E-state index contributed by atoms with van der Waals surface area (Å²) in [6.07, 6.45) is 0.178. The van der Waals surface area contributed by atoms with Gasteiger partial charge in [0.05, 0.1) is 29.8 Å².